The van der Waals surface area contributed by atoms with E-state index in [1.54, 1.807) is 0 Å². The van der Waals surface area contributed by atoms with Crippen LogP contribution in [0, 0.1) is 11.3 Å². The number of allylic oxidation sites excluding steroid dienone is 3. The van der Waals surface area contributed by atoms with E-state index in [1.165, 1.54) is 18.9 Å². The average molecular weight is 565 g/mol. The van der Waals surface area contributed by atoms with Crippen molar-refractivity contribution in [2.45, 2.75) is 78.2 Å². The highest BCUT2D eigenvalue weighted by molar-refractivity contribution is 6.03. The lowest BCUT2D eigenvalue weighted by atomic mass is 9.74. The number of carbonyl (C=O) groups is 3. The lowest BCUT2D eigenvalue weighted by Crippen LogP contribution is -2.40. The summed E-state index contributed by atoms with van der Waals surface area (Å²) in [5.41, 5.74) is 4.03. The van der Waals surface area contributed by atoms with Crippen LogP contribution in [-0.4, -0.2) is 69.4 Å². The van der Waals surface area contributed by atoms with E-state index in [1.807, 2.05) is 51.2 Å². The highest BCUT2D eigenvalue weighted by Crippen LogP contribution is 2.38. The third-order valence-electron chi connectivity index (χ3n) is 8.39. The van der Waals surface area contributed by atoms with Crippen LogP contribution in [0.25, 0.3) is 0 Å². The molecule has 2 aliphatic carbocycles. The molecule has 41 heavy (non-hydrogen) atoms. The van der Waals surface area contributed by atoms with Gasteiger partial charge in [-0.2, -0.15) is 0 Å². The van der Waals surface area contributed by atoms with Crippen LogP contribution in [0.3, 0.4) is 0 Å². The molecule has 1 heterocycles. The van der Waals surface area contributed by atoms with Gasteiger partial charge in [0.2, 0.25) is 11.8 Å². The van der Waals surface area contributed by atoms with Crippen LogP contribution in [0.5, 0.6) is 5.75 Å². The predicted molar refractivity (Wildman–Crippen MR) is 163 cm³/mol. The molecule has 0 bridgehead atoms. The van der Waals surface area contributed by atoms with Gasteiger partial charge in [-0.25, -0.2) is 0 Å². The summed E-state index contributed by atoms with van der Waals surface area (Å²) >= 11 is 0. The molecule has 224 valence electrons. The van der Waals surface area contributed by atoms with Gasteiger partial charge in [0.15, 0.2) is 5.78 Å². The summed E-state index contributed by atoms with van der Waals surface area (Å²) in [6.07, 6.45) is 7.97. The van der Waals surface area contributed by atoms with Gasteiger partial charge in [0, 0.05) is 61.9 Å². The Morgan fingerprint density at radius 1 is 1.22 bits per heavy atom. The Kier molecular flexibility index (Phi) is 9.95. The number of hydrogen-bond donors (Lipinski definition) is 2. The molecular weight excluding hydrogens is 516 g/mol. The van der Waals surface area contributed by atoms with E-state index in [0.29, 0.717) is 36.6 Å². The first-order chi connectivity index (χ1) is 19.5. The number of amides is 2. The summed E-state index contributed by atoms with van der Waals surface area (Å²) < 4.78 is 6.04. The van der Waals surface area contributed by atoms with Crippen molar-refractivity contribution in [3.05, 3.63) is 46.7 Å². The van der Waals surface area contributed by atoms with Crippen LogP contribution in [0.2, 0.25) is 0 Å². The summed E-state index contributed by atoms with van der Waals surface area (Å²) in [4.78, 5) is 43.7. The Labute approximate surface area is 245 Å². The van der Waals surface area contributed by atoms with Gasteiger partial charge in [-0.15, -0.1) is 0 Å². The van der Waals surface area contributed by atoms with Crippen molar-refractivity contribution in [1.29, 1.82) is 0 Å². The van der Waals surface area contributed by atoms with Crippen LogP contribution < -0.4 is 20.3 Å². The van der Waals surface area contributed by atoms with Crippen LogP contribution in [-0.2, 0) is 20.8 Å². The Balaban J connectivity index is 1.44. The molecule has 0 aromatic heterocycles. The number of benzene rings is 1. The van der Waals surface area contributed by atoms with Crippen molar-refractivity contribution in [3.63, 3.8) is 0 Å². The van der Waals surface area contributed by atoms with Crippen LogP contribution in [0.4, 0.5) is 5.69 Å². The zero-order chi connectivity index (χ0) is 29.7. The molecular formula is C33H48N4O4. The number of nitrogens with one attached hydrogen (secondary N) is 2. The number of Topliss-reactive ketones (excluding diaryl/α,β-unsaturated/α-hetero) is 1. The minimum atomic E-state index is -0.262. The van der Waals surface area contributed by atoms with Crippen molar-refractivity contribution in [1.82, 2.24) is 15.5 Å². The fraction of sp³-hybridized carbons (Fsp3) is 0.606. The summed E-state index contributed by atoms with van der Waals surface area (Å²) in [6, 6.07) is 5.64. The molecule has 4 rings (SSSR count). The molecule has 1 atom stereocenters. The summed E-state index contributed by atoms with van der Waals surface area (Å²) in [7, 11) is 5.86. The van der Waals surface area contributed by atoms with Crippen molar-refractivity contribution in [3.8, 4) is 5.75 Å². The Hall–Kier alpha value is -3.13. The normalized spacial score (nSPS) is 19.3. The highest BCUT2D eigenvalue weighted by atomic mass is 16.5. The van der Waals surface area contributed by atoms with E-state index in [-0.39, 0.29) is 35.5 Å². The number of nitrogens with zero attached hydrogens (tertiary/aromatic N) is 2. The first kappa shape index (κ1) is 30.8. The molecule has 1 aliphatic heterocycles. The van der Waals surface area contributed by atoms with Gasteiger partial charge in [-0.05, 0) is 75.7 Å². The van der Waals surface area contributed by atoms with Crippen molar-refractivity contribution in [2.75, 3.05) is 45.7 Å². The molecule has 1 saturated carbocycles. The molecule has 2 amide bonds. The maximum absolute atomic E-state index is 13.6. The Bertz CT molecular complexity index is 1210. The number of anilines is 1. The molecule has 1 aromatic rings. The summed E-state index contributed by atoms with van der Waals surface area (Å²) in [6.45, 7) is 8.03. The van der Waals surface area contributed by atoms with Crippen LogP contribution in [0.15, 0.2) is 41.1 Å². The zero-order valence-electron chi connectivity index (χ0n) is 25.8. The molecule has 1 aromatic carbocycles. The Morgan fingerprint density at radius 2 is 1.98 bits per heavy atom. The second-order valence-electron chi connectivity index (χ2n) is 13.0. The summed E-state index contributed by atoms with van der Waals surface area (Å²) in [5.74, 6) is 1.36. The maximum atomic E-state index is 13.6. The molecule has 1 fully saturated rings. The predicted octanol–water partition coefficient (Wildman–Crippen LogP) is 4.39. The monoisotopic (exact) mass is 564 g/mol. The Morgan fingerprint density at radius 3 is 2.66 bits per heavy atom. The van der Waals surface area contributed by atoms with Gasteiger partial charge in [0.25, 0.3) is 0 Å². The highest BCUT2D eigenvalue weighted by Gasteiger charge is 2.34. The second kappa shape index (κ2) is 13.2. The molecule has 8 nitrogen and oxygen atoms in total. The van der Waals surface area contributed by atoms with E-state index in [2.05, 4.69) is 29.4 Å². The topological polar surface area (TPSA) is 91.0 Å². The lowest BCUT2D eigenvalue weighted by molar-refractivity contribution is -0.120. The molecule has 8 heteroatoms. The molecule has 0 saturated heterocycles. The van der Waals surface area contributed by atoms with Crippen molar-refractivity contribution < 1.29 is 19.1 Å². The first-order valence-electron chi connectivity index (χ1n) is 15.1. The SMILES string of the molecule is CNC1=C(/C(C)=C/C(=O)N[C@@H](CCC2CC2)CC(=O)N2CCc3c(OCCN(C)C)cccc32)C(=O)CC(C)(C)C1. The van der Waals surface area contributed by atoms with Gasteiger partial charge in [-0.1, -0.05) is 32.8 Å². The van der Waals surface area contributed by atoms with Crippen molar-refractivity contribution >= 4 is 23.3 Å². The fourth-order valence-corrected chi connectivity index (χ4v) is 6.03. The number of rotatable bonds is 13. The molecule has 0 spiro atoms. The smallest absolute Gasteiger partial charge is 0.244 e. The number of fused-ring (bicyclic) bond motifs is 1. The number of ether oxygens (including phenoxy) is 1. The number of likely N-dealkylation sites (N-methyl/N-ethyl adjacent to an activating group) is 1. The molecule has 0 unspecified atom stereocenters. The molecule has 3 aliphatic rings. The first-order valence-corrected chi connectivity index (χ1v) is 15.1. The van der Waals surface area contributed by atoms with Gasteiger partial charge in [0.05, 0.1) is 5.69 Å². The maximum Gasteiger partial charge on any atom is 0.244 e. The molecule has 0 radical (unpaired) electrons. The quantitative estimate of drug-likeness (QED) is 0.346. The minimum Gasteiger partial charge on any atom is -0.492 e. The van der Waals surface area contributed by atoms with E-state index in [0.717, 1.165) is 54.9 Å². The van der Waals surface area contributed by atoms with E-state index >= 15 is 0 Å². The zero-order valence-corrected chi connectivity index (χ0v) is 25.8. The third-order valence-corrected chi connectivity index (χ3v) is 8.39. The van der Waals surface area contributed by atoms with Crippen LogP contribution in [0.1, 0.15) is 71.3 Å². The van der Waals surface area contributed by atoms with Crippen LogP contribution >= 0.6 is 0 Å². The van der Waals surface area contributed by atoms with Gasteiger partial charge < -0.3 is 25.2 Å². The third kappa shape index (κ3) is 8.22. The van der Waals surface area contributed by atoms with Gasteiger partial charge >= 0.3 is 0 Å². The fourth-order valence-electron chi connectivity index (χ4n) is 6.03. The molecule has 2 N–H and O–H groups in total. The van der Waals surface area contributed by atoms with Gasteiger partial charge in [-0.3, -0.25) is 14.4 Å². The average Bonchev–Trinajstić information content (AvgIpc) is 3.61. The van der Waals surface area contributed by atoms with E-state index in [4.69, 9.17) is 4.74 Å². The number of hydrogen-bond acceptors (Lipinski definition) is 6. The summed E-state index contributed by atoms with van der Waals surface area (Å²) in [5, 5.41) is 6.30. The minimum absolute atomic E-state index is 0.0147. The van der Waals surface area contributed by atoms with E-state index in [9.17, 15) is 14.4 Å². The van der Waals surface area contributed by atoms with Crippen molar-refractivity contribution in [2.24, 2.45) is 11.3 Å². The number of carbonyl (C=O) groups excluding carboxylic acids is 3. The standard InChI is InChI=1S/C33H48N4O4/c1-22(32-26(34-4)20-33(2,3)21-28(32)38)18-30(39)35-24(13-12-23-10-11-23)19-31(40)37-15-14-25-27(37)8-7-9-29(25)41-17-16-36(5)6/h7-9,18,23-24,34H,10-17,19-21H2,1-6H3,(H,35,39)/b22-18+/t24-/m0/s1. The number of ketones is 1. The largest absolute Gasteiger partial charge is 0.492 e. The van der Waals surface area contributed by atoms with E-state index < -0.39 is 0 Å². The second-order valence-corrected chi connectivity index (χ2v) is 13.0. The lowest BCUT2D eigenvalue weighted by Gasteiger charge is -2.32. The van der Waals surface area contributed by atoms with Gasteiger partial charge in [0.1, 0.15) is 12.4 Å².